The smallest absolute Gasteiger partial charge is 0.258 e. The quantitative estimate of drug-likeness (QED) is 0.790. The lowest BCUT2D eigenvalue weighted by Crippen LogP contribution is -2.37. The van der Waals surface area contributed by atoms with Crippen LogP contribution in [0.1, 0.15) is 24.7 Å². The van der Waals surface area contributed by atoms with Crippen LogP contribution < -0.4 is 10.5 Å². The fourth-order valence-corrected chi connectivity index (χ4v) is 3.37. The maximum Gasteiger partial charge on any atom is 0.258 e. The fraction of sp³-hybridized carbons (Fsp3) is 0.263. The Hall–Kier alpha value is -2.62. The first kappa shape index (κ1) is 14.0. The highest BCUT2D eigenvalue weighted by atomic mass is 16.1. The molecule has 0 saturated heterocycles. The summed E-state index contributed by atoms with van der Waals surface area (Å²) in [4.78, 5) is 22.2. The van der Waals surface area contributed by atoms with Crippen LogP contribution in [0.25, 0.3) is 10.9 Å². The molecule has 0 aliphatic carbocycles. The molecule has 0 bridgehead atoms. The second-order valence-electron chi connectivity index (χ2n) is 6.17. The average molecular weight is 305 g/mol. The van der Waals surface area contributed by atoms with Crippen LogP contribution >= 0.6 is 0 Å². The summed E-state index contributed by atoms with van der Waals surface area (Å²) in [6.07, 6.45) is 2.23. The molecule has 4 heteroatoms. The zero-order chi connectivity index (χ0) is 15.8. The Labute approximate surface area is 134 Å². The molecule has 1 aromatic heterocycles. The van der Waals surface area contributed by atoms with Crippen LogP contribution in [-0.4, -0.2) is 16.0 Å². The van der Waals surface area contributed by atoms with E-state index in [4.69, 9.17) is 0 Å². The summed E-state index contributed by atoms with van der Waals surface area (Å²) in [7, 11) is 0. The van der Waals surface area contributed by atoms with E-state index in [1.54, 1.807) is 0 Å². The van der Waals surface area contributed by atoms with E-state index in [-0.39, 0.29) is 5.56 Å². The van der Waals surface area contributed by atoms with Gasteiger partial charge in [0.2, 0.25) is 0 Å². The van der Waals surface area contributed by atoms with Crippen molar-refractivity contribution < 1.29 is 0 Å². The molecule has 1 N–H and O–H groups in total. The third kappa shape index (κ3) is 2.50. The number of hydrogen-bond donors (Lipinski definition) is 1. The molecule has 0 fully saturated rings. The van der Waals surface area contributed by atoms with Gasteiger partial charge in [-0.05, 0) is 43.5 Å². The topological polar surface area (TPSA) is 49.0 Å². The van der Waals surface area contributed by atoms with Crippen LogP contribution in [0.2, 0.25) is 0 Å². The highest BCUT2D eigenvalue weighted by Gasteiger charge is 2.23. The number of benzene rings is 2. The molecule has 1 aliphatic heterocycles. The minimum Gasteiger partial charge on any atom is -0.361 e. The zero-order valence-corrected chi connectivity index (χ0v) is 13.1. The first-order valence-corrected chi connectivity index (χ1v) is 8.05. The van der Waals surface area contributed by atoms with Crippen molar-refractivity contribution in [2.45, 2.75) is 32.4 Å². The van der Waals surface area contributed by atoms with Gasteiger partial charge < -0.3 is 9.88 Å². The van der Waals surface area contributed by atoms with Crippen molar-refractivity contribution >= 4 is 16.6 Å². The van der Waals surface area contributed by atoms with E-state index in [0.717, 1.165) is 24.2 Å². The van der Waals surface area contributed by atoms with E-state index in [9.17, 15) is 4.79 Å². The highest BCUT2D eigenvalue weighted by molar-refractivity contribution is 5.77. The van der Waals surface area contributed by atoms with Gasteiger partial charge >= 0.3 is 0 Å². The van der Waals surface area contributed by atoms with Crippen molar-refractivity contribution in [3.8, 4) is 0 Å². The molecular formula is C19H19N3O. The number of hydrogen-bond acceptors (Lipinski definition) is 3. The Bertz CT molecular complexity index is 916. The van der Waals surface area contributed by atoms with Crippen molar-refractivity contribution in [2.24, 2.45) is 0 Å². The predicted molar refractivity (Wildman–Crippen MR) is 92.8 cm³/mol. The molecule has 0 radical (unpaired) electrons. The fourth-order valence-electron chi connectivity index (χ4n) is 3.37. The van der Waals surface area contributed by atoms with Crippen molar-refractivity contribution in [1.29, 1.82) is 0 Å². The van der Waals surface area contributed by atoms with Gasteiger partial charge in [-0.2, -0.15) is 0 Å². The summed E-state index contributed by atoms with van der Waals surface area (Å²) >= 11 is 0. The first-order chi connectivity index (χ1) is 11.2. The molecular weight excluding hydrogens is 286 g/mol. The molecule has 4 rings (SSSR count). The Morgan fingerprint density at radius 3 is 2.87 bits per heavy atom. The summed E-state index contributed by atoms with van der Waals surface area (Å²) in [6, 6.07) is 16.4. The van der Waals surface area contributed by atoms with Crippen LogP contribution in [0.4, 0.5) is 5.69 Å². The number of anilines is 1. The zero-order valence-electron chi connectivity index (χ0n) is 13.1. The third-order valence-electron chi connectivity index (χ3n) is 4.65. The molecule has 2 aromatic carbocycles. The van der Waals surface area contributed by atoms with Gasteiger partial charge in [-0.15, -0.1) is 0 Å². The SMILES string of the molecule is CC1CCc2ccccc2N1Cc1nc2ccccc2c(=O)[nH]1. The van der Waals surface area contributed by atoms with Gasteiger partial charge in [0.1, 0.15) is 5.82 Å². The number of aryl methyl sites for hydroxylation is 1. The van der Waals surface area contributed by atoms with Crippen LogP contribution in [0.5, 0.6) is 0 Å². The highest BCUT2D eigenvalue weighted by Crippen LogP contribution is 2.31. The van der Waals surface area contributed by atoms with E-state index in [2.05, 4.69) is 46.1 Å². The molecule has 116 valence electrons. The Balaban J connectivity index is 1.74. The number of nitrogens with one attached hydrogen (secondary N) is 1. The first-order valence-electron chi connectivity index (χ1n) is 8.05. The number of para-hydroxylation sites is 2. The lowest BCUT2D eigenvalue weighted by molar-refractivity contribution is 0.552. The number of nitrogens with zero attached hydrogens (tertiary/aromatic N) is 2. The van der Waals surface area contributed by atoms with E-state index >= 15 is 0 Å². The number of rotatable bonds is 2. The molecule has 4 nitrogen and oxygen atoms in total. The molecule has 0 amide bonds. The average Bonchev–Trinajstić information content (AvgIpc) is 2.58. The van der Waals surface area contributed by atoms with E-state index in [0.29, 0.717) is 18.0 Å². The standard InChI is InChI=1S/C19H19N3O/c1-13-10-11-14-6-2-5-9-17(14)22(13)12-18-20-16-8-4-3-7-15(16)19(23)21-18/h2-9,13H,10-12H2,1H3,(H,20,21,23). The molecule has 23 heavy (non-hydrogen) atoms. The second kappa shape index (κ2) is 5.54. The maximum absolute atomic E-state index is 12.3. The van der Waals surface area contributed by atoms with Gasteiger partial charge in [-0.1, -0.05) is 30.3 Å². The summed E-state index contributed by atoms with van der Waals surface area (Å²) < 4.78 is 0. The van der Waals surface area contributed by atoms with Gasteiger partial charge in [-0.3, -0.25) is 4.79 Å². The molecule has 1 unspecified atom stereocenters. The molecule has 2 heterocycles. The van der Waals surface area contributed by atoms with Gasteiger partial charge in [0.15, 0.2) is 0 Å². The Morgan fingerprint density at radius 1 is 1.17 bits per heavy atom. The second-order valence-corrected chi connectivity index (χ2v) is 6.17. The number of H-pyrrole nitrogens is 1. The monoisotopic (exact) mass is 305 g/mol. The maximum atomic E-state index is 12.3. The molecule has 1 aliphatic rings. The van der Waals surface area contributed by atoms with Crippen LogP contribution in [-0.2, 0) is 13.0 Å². The summed E-state index contributed by atoms with van der Waals surface area (Å²) in [5.74, 6) is 0.720. The minimum absolute atomic E-state index is 0.0662. The molecule has 0 saturated carbocycles. The summed E-state index contributed by atoms with van der Waals surface area (Å²) in [6.45, 7) is 2.85. The molecule has 0 spiro atoms. The van der Waals surface area contributed by atoms with Crippen LogP contribution in [0.3, 0.4) is 0 Å². The van der Waals surface area contributed by atoms with Crippen LogP contribution in [0, 0.1) is 0 Å². The van der Waals surface area contributed by atoms with Gasteiger partial charge in [0.05, 0.1) is 17.4 Å². The van der Waals surface area contributed by atoms with Gasteiger partial charge in [0, 0.05) is 11.7 Å². The number of aromatic amines is 1. The van der Waals surface area contributed by atoms with Crippen molar-refractivity contribution in [3.63, 3.8) is 0 Å². The lowest BCUT2D eigenvalue weighted by atomic mass is 9.96. The summed E-state index contributed by atoms with van der Waals surface area (Å²) in [5, 5.41) is 0.642. The minimum atomic E-state index is -0.0662. The predicted octanol–water partition coefficient (Wildman–Crippen LogP) is 3.26. The largest absolute Gasteiger partial charge is 0.361 e. The lowest BCUT2D eigenvalue weighted by Gasteiger charge is -2.36. The Morgan fingerprint density at radius 2 is 1.96 bits per heavy atom. The van der Waals surface area contributed by atoms with Crippen LogP contribution in [0.15, 0.2) is 53.3 Å². The van der Waals surface area contributed by atoms with Gasteiger partial charge in [0.25, 0.3) is 5.56 Å². The van der Waals surface area contributed by atoms with Gasteiger partial charge in [-0.25, -0.2) is 4.98 Å². The van der Waals surface area contributed by atoms with Crippen molar-refractivity contribution in [1.82, 2.24) is 9.97 Å². The summed E-state index contributed by atoms with van der Waals surface area (Å²) in [5.41, 5.74) is 3.31. The van der Waals surface area contributed by atoms with E-state index in [1.165, 1.54) is 11.3 Å². The molecule has 3 aromatic rings. The van der Waals surface area contributed by atoms with E-state index in [1.807, 2.05) is 24.3 Å². The Kier molecular flexibility index (Phi) is 3.37. The number of fused-ring (bicyclic) bond motifs is 2. The third-order valence-corrected chi connectivity index (χ3v) is 4.65. The molecule has 1 atom stereocenters. The normalized spacial score (nSPS) is 17.3. The number of aromatic nitrogens is 2. The van der Waals surface area contributed by atoms with Crippen molar-refractivity contribution in [3.05, 3.63) is 70.3 Å². The van der Waals surface area contributed by atoms with Crippen molar-refractivity contribution in [2.75, 3.05) is 4.90 Å². The van der Waals surface area contributed by atoms with E-state index < -0.39 is 0 Å².